The van der Waals surface area contributed by atoms with E-state index in [9.17, 15) is 9.90 Å². The van der Waals surface area contributed by atoms with Crippen LogP contribution in [0.3, 0.4) is 0 Å². The number of phenolic OH excluding ortho intramolecular Hbond substituents is 1. The van der Waals surface area contributed by atoms with E-state index in [4.69, 9.17) is 0 Å². The van der Waals surface area contributed by atoms with Gasteiger partial charge in [-0.3, -0.25) is 14.1 Å². The minimum Gasteiger partial charge on any atom is -0.506 e. The van der Waals surface area contributed by atoms with Crippen LogP contribution in [0.15, 0.2) is 77.9 Å². The number of aryl methyl sites for hydroxylation is 1. The van der Waals surface area contributed by atoms with E-state index in [-0.39, 0.29) is 11.4 Å². The van der Waals surface area contributed by atoms with E-state index < -0.39 is 0 Å². The highest BCUT2D eigenvalue weighted by atomic mass is 16.3. The highest BCUT2D eigenvalue weighted by molar-refractivity contribution is 5.79. The Kier molecular flexibility index (Phi) is 6.21. The number of H-pyrrole nitrogens is 1. The molecule has 3 aromatic heterocycles. The first-order valence-electron chi connectivity index (χ1n) is 11.5. The summed E-state index contributed by atoms with van der Waals surface area (Å²) in [5.41, 5.74) is 4.66. The van der Waals surface area contributed by atoms with Crippen molar-refractivity contribution in [1.29, 1.82) is 0 Å². The van der Waals surface area contributed by atoms with Gasteiger partial charge in [-0.15, -0.1) is 10.2 Å². The predicted molar refractivity (Wildman–Crippen MR) is 132 cm³/mol. The molecule has 0 atom stereocenters. The van der Waals surface area contributed by atoms with Crippen molar-refractivity contribution in [2.75, 3.05) is 0 Å². The van der Waals surface area contributed by atoms with Crippen molar-refractivity contribution < 1.29 is 5.11 Å². The lowest BCUT2D eigenvalue weighted by Crippen LogP contribution is -2.25. The molecule has 0 radical (unpaired) electrons. The van der Waals surface area contributed by atoms with Gasteiger partial charge in [-0.1, -0.05) is 55.8 Å². The van der Waals surface area contributed by atoms with Gasteiger partial charge in [0, 0.05) is 29.2 Å². The third kappa shape index (κ3) is 4.48. The number of hydrogen-bond donors (Lipinski definition) is 2. The number of tetrazole rings is 1. The first-order chi connectivity index (χ1) is 17.2. The standard InChI is InChI=1S/C26H25N7O2/c1-2-3-8-20-17-33(23-11-6-7-12-24(23)34)26(35)32(20)16-19-14-13-18(15-27-19)21-9-4-5-10-22(21)25-28-30-31-29-25/h4-7,9-15,17,34H,2-3,8,16H2,1H3,(H,28,29,30,31). The first kappa shape index (κ1) is 22.3. The Hall–Kier alpha value is -4.53. The van der Waals surface area contributed by atoms with Crippen LogP contribution in [-0.4, -0.2) is 39.8 Å². The van der Waals surface area contributed by atoms with Gasteiger partial charge < -0.3 is 5.11 Å². The maximum atomic E-state index is 13.3. The molecule has 0 aliphatic rings. The van der Waals surface area contributed by atoms with Gasteiger partial charge in [0.15, 0.2) is 0 Å². The number of unbranched alkanes of at least 4 members (excludes halogenated alkanes) is 1. The Morgan fingerprint density at radius 2 is 1.80 bits per heavy atom. The molecular formula is C26H25N7O2. The maximum absolute atomic E-state index is 13.3. The van der Waals surface area contributed by atoms with Gasteiger partial charge in [-0.2, -0.15) is 5.21 Å². The molecule has 0 fully saturated rings. The lowest BCUT2D eigenvalue weighted by atomic mass is 10.0. The van der Waals surface area contributed by atoms with Crippen LogP contribution in [0.25, 0.3) is 28.2 Å². The zero-order chi connectivity index (χ0) is 24.2. The monoisotopic (exact) mass is 467 g/mol. The van der Waals surface area contributed by atoms with E-state index in [0.29, 0.717) is 18.1 Å². The summed E-state index contributed by atoms with van der Waals surface area (Å²) in [5.74, 6) is 0.582. The van der Waals surface area contributed by atoms with Gasteiger partial charge in [-0.05, 0) is 41.8 Å². The van der Waals surface area contributed by atoms with Crippen LogP contribution in [0.4, 0.5) is 0 Å². The third-order valence-electron chi connectivity index (χ3n) is 5.96. The quantitative estimate of drug-likeness (QED) is 0.357. The highest BCUT2D eigenvalue weighted by Crippen LogP contribution is 2.29. The van der Waals surface area contributed by atoms with Gasteiger partial charge in [-0.25, -0.2) is 4.79 Å². The number of imidazole rings is 1. The van der Waals surface area contributed by atoms with Crippen molar-refractivity contribution >= 4 is 0 Å². The van der Waals surface area contributed by atoms with E-state index in [1.54, 1.807) is 35.0 Å². The van der Waals surface area contributed by atoms with Gasteiger partial charge in [0.1, 0.15) is 5.75 Å². The second-order valence-electron chi connectivity index (χ2n) is 8.27. The summed E-state index contributed by atoms with van der Waals surface area (Å²) in [6.07, 6.45) is 6.36. The first-order valence-corrected chi connectivity index (χ1v) is 11.5. The summed E-state index contributed by atoms with van der Waals surface area (Å²) in [5, 5.41) is 24.6. The van der Waals surface area contributed by atoms with Crippen LogP contribution >= 0.6 is 0 Å². The minimum atomic E-state index is -0.203. The van der Waals surface area contributed by atoms with E-state index in [2.05, 4.69) is 32.5 Å². The van der Waals surface area contributed by atoms with Gasteiger partial charge >= 0.3 is 5.69 Å². The van der Waals surface area contributed by atoms with Crippen LogP contribution in [-0.2, 0) is 13.0 Å². The Labute approximate surface area is 201 Å². The van der Waals surface area contributed by atoms with Crippen LogP contribution in [0.5, 0.6) is 5.75 Å². The Balaban J connectivity index is 1.47. The van der Waals surface area contributed by atoms with Gasteiger partial charge in [0.2, 0.25) is 5.82 Å². The number of para-hydroxylation sites is 2. The maximum Gasteiger partial charge on any atom is 0.333 e. The number of benzene rings is 2. The fourth-order valence-electron chi connectivity index (χ4n) is 4.14. The number of aromatic hydroxyl groups is 1. The van der Waals surface area contributed by atoms with Crippen LogP contribution in [0.1, 0.15) is 31.2 Å². The fourth-order valence-corrected chi connectivity index (χ4v) is 4.14. The molecule has 5 rings (SSSR count). The molecule has 0 bridgehead atoms. The van der Waals surface area contributed by atoms with Crippen molar-refractivity contribution in [2.24, 2.45) is 0 Å². The second kappa shape index (κ2) is 9.76. The molecule has 2 N–H and O–H groups in total. The molecule has 0 amide bonds. The van der Waals surface area contributed by atoms with Crippen LogP contribution < -0.4 is 5.69 Å². The summed E-state index contributed by atoms with van der Waals surface area (Å²) < 4.78 is 3.24. The molecule has 0 aliphatic carbocycles. The largest absolute Gasteiger partial charge is 0.506 e. The fraction of sp³-hybridized carbons (Fsp3) is 0.192. The highest BCUT2D eigenvalue weighted by Gasteiger charge is 2.16. The second-order valence-corrected chi connectivity index (χ2v) is 8.27. The van der Waals surface area contributed by atoms with Gasteiger partial charge in [0.25, 0.3) is 0 Å². The summed E-state index contributed by atoms with van der Waals surface area (Å²) >= 11 is 0. The number of rotatable bonds is 8. The molecule has 9 nitrogen and oxygen atoms in total. The zero-order valence-corrected chi connectivity index (χ0v) is 19.3. The molecular weight excluding hydrogens is 442 g/mol. The van der Waals surface area contributed by atoms with E-state index >= 15 is 0 Å². The molecule has 0 saturated carbocycles. The number of nitrogens with one attached hydrogen (secondary N) is 1. The molecule has 0 spiro atoms. The normalized spacial score (nSPS) is 11.1. The van der Waals surface area contributed by atoms with E-state index in [0.717, 1.165) is 47.3 Å². The molecule has 0 aliphatic heterocycles. The summed E-state index contributed by atoms with van der Waals surface area (Å²) in [4.78, 5) is 18.0. The average molecular weight is 468 g/mol. The average Bonchev–Trinajstić information content (AvgIpc) is 3.53. The van der Waals surface area contributed by atoms with E-state index in [1.165, 1.54) is 4.57 Å². The Morgan fingerprint density at radius 1 is 1.00 bits per heavy atom. The molecule has 35 heavy (non-hydrogen) atoms. The summed E-state index contributed by atoms with van der Waals surface area (Å²) in [6.45, 7) is 2.46. The predicted octanol–water partition coefficient (Wildman–Crippen LogP) is 3.98. The van der Waals surface area contributed by atoms with Crippen molar-refractivity contribution in [3.05, 3.63) is 94.9 Å². The Bertz CT molecular complexity index is 1490. The molecule has 9 heteroatoms. The van der Waals surface area contributed by atoms with Crippen molar-refractivity contribution in [1.82, 2.24) is 34.7 Å². The number of nitrogens with zero attached hydrogens (tertiary/aromatic N) is 6. The van der Waals surface area contributed by atoms with Crippen LogP contribution in [0.2, 0.25) is 0 Å². The SMILES string of the molecule is CCCCc1cn(-c2ccccc2O)c(=O)n1Cc1ccc(-c2ccccc2-c2nn[nH]n2)cn1. The van der Waals surface area contributed by atoms with E-state index in [1.807, 2.05) is 42.6 Å². The van der Waals surface area contributed by atoms with Gasteiger partial charge in [0.05, 0.1) is 17.9 Å². The number of hydrogen-bond acceptors (Lipinski definition) is 6. The Morgan fingerprint density at radius 3 is 2.51 bits per heavy atom. The summed E-state index contributed by atoms with van der Waals surface area (Å²) in [7, 11) is 0. The molecule has 0 saturated heterocycles. The van der Waals surface area contributed by atoms with Crippen LogP contribution in [0, 0.1) is 0 Å². The van der Waals surface area contributed by atoms with Crippen molar-refractivity contribution in [2.45, 2.75) is 32.7 Å². The molecule has 3 heterocycles. The third-order valence-corrected chi connectivity index (χ3v) is 5.96. The number of phenols is 1. The number of pyridine rings is 1. The molecule has 2 aromatic carbocycles. The molecule has 0 unspecified atom stereocenters. The minimum absolute atomic E-state index is 0.0662. The smallest absolute Gasteiger partial charge is 0.333 e. The zero-order valence-electron chi connectivity index (χ0n) is 19.3. The number of aromatic amines is 1. The topological polar surface area (TPSA) is 115 Å². The molecule has 5 aromatic rings. The van der Waals surface area contributed by atoms with Crippen molar-refractivity contribution in [3.63, 3.8) is 0 Å². The summed E-state index contributed by atoms with van der Waals surface area (Å²) in [6, 6.07) is 18.6. The molecule has 176 valence electrons. The van der Waals surface area contributed by atoms with Crippen molar-refractivity contribution in [3.8, 4) is 34.0 Å². The lowest BCUT2D eigenvalue weighted by Gasteiger charge is -2.09. The number of aromatic nitrogens is 7. The lowest BCUT2D eigenvalue weighted by molar-refractivity contribution is 0.471.